The number of carbonyl (C=O) groups is 1. The lowest BCUT2D eigenvalue weighted by molar-refractivity contribution is -0.130. The Hall–Kier alpha value is -2.17. The van der Waals surface area contributed by atoms with Crippen LogP contribution in [0.4, 0.5) is 0 Å². The minimum atomic E-state index is 0.191. The molecular weight excluding hydrogens is 288 g/mol. The zero-order valence-corrected chi connectivity index (χ0v) is 13.9. The van der Waals surface area contributed by atoms with Gasteiger partial charge in [-0.15, -0.1) is 0 Å². The SMILES string of the molecule is CCn1nccc1-c1cccc(CC2CCN(C(C)=O)CC2)n1. The Kier molecular flexibility index (Phi) is 4.74. The van der Waals surface area contributed by atoms with Gasteiger partial charge in [-0.2, -0.15) is 5.10 Å². The summed E-state index contributed by atoms with van der Waals surface area (Å²) in [4.78, 5) is 18.2. The van der Waals surface area contributed by atoms with Gasteiger partial charge in [0.1, 0.15) is 0 Å². The van der Waals surface area contributed by atoms with E-state index in [0.717, 1.165) is 56.0 Å². The highest BCUT2D eigenvalue weighted by atomic mass is 16.2. The molecule has 0 atom stereocenters. The molecule has 0 aliphatic carbocycles. The average Bonchev–Trinajstić information content (AvgIpc) is 3.04. The molecule has 2 aromatic rings. The van der Waals surface area contributed by atoms with E-state index in [1.54, 1.807) is 6.92 Å². The number of rotatable bonds is 4. The van der Waals surface area contributed by atoms with Gasteiger partial charge in [0.15, 0.2) is 0 Å². The molecule has 1 amide bonds. The number of aromatic nitrogens is 3. The van der Waals surface area contributed by atoms with Gasteiger partial charge in [-0.25, -0.2) is 0 Å². The summed E-state index contributed by atoms with van der Waals surface area (Å²) in [6.45, 7) is 6.34. The Morgan fingerprint density at radius 1 is 1.26 bits per heavy atom. The maximum Gasteiger partial charge on any atom is 0.219 e. The first-order valence-corrected chi connectivity index (χ1v) is 8.41. The summed E-state index contributed by atoms with van der Waals surface area (Å²) in [6, 6.07) is 8.24. The van der Waals surface area contributed by atoms with Crippen LogP contribution in [0.1, 0.15) is 32.4 Å². The maximum absolute atomic E-state index is 11.4. The molecule has 0 N–H and O–H groups in total. The molecule has 0 spiro atoms. The van der Waals surface area contributed by atoms with Crippen LogP contribution in [0.25, 0.3) is 11.4 Å². The molecule has 2 aromatic heterocycles. The molecule has 1 fully saturated rings. The highest BCUT2D eigenvalue weighted by molar-refractivity contribution is 5.73. The molecule has 0 aromatic carbocycles. The summed E-state index contributed by atoms with van der Waals surface area (Å²) in [5.41, 5.74) is 3.19. The number of hydrogen-bond donors (Lipinski definition) is 0. The Balaban J connectivity index is 1.68. The van der Waals surface area contributed by atoms with E-state index in [4.69, 9.17) is 4.98 Å². The van der Waals surface area contributed by atoms with Crippen molar-refractivity contribution < 1.29 is 4.79 Å². The van der Waals surface area contributed by atoms with E-state index in [-0.39, 0.29) is 5.91 Å². The van der Waals surface area contributed by atoms with Crippen molar-refractivity contribution in [1.29, 1.82) is 0 Å². The lowest BCUT2D eigenvalue weighted by atomic mass is 9.92. The first-order valence-electron chi connectivity index (χ1n) is 8.41. The standard InChI is InChI=1S/C18H24N4O/c1-3-22-18(7-10-19-22)17-6-4-5-16(20-17)13-15-8-11-21(12-9-15)14(2)23/h4-7,10,15H,3,8-9,11-13H2,1-2H3. The average molecular weight is 312 g/mol. The van der Waals surface area contributed by atoms with Gasteiger partial charge in [0.05, 0.1) is 11.4 Å². The molecule has 5 nitrogen and oxygen atoms in total. The van der Waals surface area contributed by atoms with Crippen LogP contribution in [0.2, 0.25) is 0 Å². The van der Waals surface area contributed by atoms with Crippen molar-refractivity contribution in [3.8, 4) is 11.4 Å². The Labute approximate surface area is 137 Å². The third-order valence-corrected chi connectivity index (χ3v) is 4.64. The molecule has 0 radical (unpaired) electrons. The summed E-state index contributed by atoms with van der Waals surface area (Å²) in [5.74, 6) is 0.806. The molecule has 0 bridgehead atoms. The number of hydrogen-bond acceptors (Lipinski definition) is 3. The fraction of sp³-hybridized carbons (Fsp3) is 0.500. The summed E-state index contributed by atoms with van der Waals surface area (Å²) < 4.78 is 1.97. The third kappa shape index (κ3) is 3.60. The van der Waals surface area contributed by atoms with Gasteiger partial charge in [-0.05, 0) is 50.3 Å². The quantitative estimate of drug-likeness (QED) is 0.872. The van der Waals surface area contributed by atoms with E-state index in [1.165, 1.54) is 0 Å². The van der Waals surface area contributed by atoms with E-state index in [9.17, 15) is 4.79 Å². The highest BCUT2D eigenvalue weighted by Gasteiger charge is 2.21. The molecule has 5 heteroatoms. The number of aryl methyl sites for hydroxylation is 1. The van der Waals surface area contributed by atoms with Gasteiger partial charge in [0.2, 0.25) is 5.91 Å². The van der Waals surface area contributed by atoms with Gasteiger partial charge >= 0.3 is 0 Å². The smallest absolute Gasteiger partial charge is 0.219 e. The van der Waals surface area contributed by atoms with Crippen LogP contribution in [0.3, 0.4) is 0 Å². The lowest BCUT2D eigenvalue weighted by Gasteiger charge is -2.31. The first kappa shape index (κ1) is 15.7. The molecule has 23 heavy (non-hydrogen) atoms. The number of pyridine rings is 1. The van der Waals surface area contributed by atoms with E-state index >= 15 is 0 Å². The Morgan fingerprint density at radius 2 is 2.04 bits per heavy atom. The van der Waals surface area contributed by atoms with Crippen molar-refractivity contribution >= 4 is 5.91 Å². The predicted molar refractivity (Wildman–Crippen MR) is 89.8 cm³/mol. The fourth-order valence-electron chi connectivity index (χ4n) is 3.29. The minimum Gasteiger partial charge on any atom is -0.343 e. The van der Waals surface area contributed by atoms with E-state index in [1.807, 2.05) is 27.9 Å². The van der Waals surface area contributed by atoms with Gasteiger partial charge < -0.3 is 4.90 Å². The normalized spacial score (nSPS) is 15.8. The predicted octanol–water partition coefficient (Wildman–Crippen LogP) is 2.77. The molecule has 1 aliphatic rings. The largest absolute Gasteiger partial charge is 0.343 e. The van der Waals surface area contributed by atoms with Gasteiger partial charge in [0.25, 0.3) is 0 Å². The molecule has 3 rings (SSSR count). The van der Waals surface area contributed by atoms with E-state index in [2.05, 4.69) is 24.2 Å². The maximum atomic E-state index is 11.4. The number of amides is 1. The fourth-order valence-corrected chi connectivity index (χ4v) is 3.29. The number of carbonyl (C=O) groups excluding carboxylic acids is 1. The second kappa shape index (κ2) is 6.94. The van der Waals surface area contributed by atoms with E-state index < -0.39 is 0 Å². The van der Waals surface area contributed by atoms with Crippen LogP contribution in [-0.4, -0.2) is 38.7 Å². The molecule has 0 saturated carbocycles. The molecule has 0 unspecified atom stereocenters. The van der Waals surface area contributed by atoms with Crippen molar-refractivity contribution in [2.45, 2.75) is 39.7 Å². The van der Waals surface area contributed by atoms with Crippen LogP contribution in [0.5, 0.6) is 0 Å². The van der Waals surface area contributed by atoms with Crippen LogP contribution in [0.15, 0.2) is 30.5 Å². The third-order valence-electron chi connectivity index (χ3n) is 4.64. The molecule has 122 valence electrons. The molecule has 1 aliphatic heterocycles. The Morgan fingerprint density at radius 3 is 2.74 bits per heavy atom. The molecular formula is C18H24N4O. The van der Waals surface area contributed by atoms with Crippen molar-refractivity contribution in [3.63, 3.8) is 0 Å². The van der Waals surface area contributed by atoms with Crippen LogP contribution in [0, 0.1) is 5.92 Å². The second-order valence-corrected chi connectivity index (χ2v) is 6.20. The van der Waals surface area contributed by atoms with E-state index in [0.29, 0.717) is 5.92 Å². The number of nitrogens with zero attached hydrogens (tertiary/aromatic N) is 4. The van der Waals surface area contributed by atoms with Gasteiger partial charge in [-0.1, -0.05) is 6.07 Å². The van der Waals surface area contributed by atoms with Crippen LogP contribution in [-0.2, 0) is 17.8 Å². The highest BCUT2D eigenvalue weighted by Crippen LogP contribution is 2.23. The van der Waals surface area contributed by atoms with Crippen molar-refractivity contribution in [1.82, 2.24) is 19.7 Å². The van der Waals surface area contributed by atoms with Crippen molar-refractivity contribution in [3.05, 3.63) is 36.2 Å². The number of piperidine rings is 1. The van der Waals surface area contributed by atoms with Crippen LogP contribution >= 0.6 is 0 Å². The molecule has 3 heterocycles. The topological polar surface area (TPSA) is 51.0 Å². The van der Waals surface area contributed by atoms with Crippen LogP contribution < -0.4 is 0 Å². The summed E-state index contributed by atoms with van der Waals surface area (Å²) in [7, 11) is 0. The van der Waals surface area contributed by atoms with Gasteiger partial charge in [0, 0.05) is 38.4 Å². The van der Waals surface area contributed by atoms with Crippen molar-refractivity contribution in [2.24, 2.45) is 5.92 Å². The molecule has 1 saturated heterocycles. The second-order valence-electron chi connectivity index (χ2n) is 6.20. The Bertz CT molecular complexity index is 671. The summed E-state index contributed by atoms with van der Waals surface area (Å²) >= 11 is 0. The zero-order chi connectivity index (χ0) is 16.2. The van der Waals surface area contributed by atoms with Gasteiger partial charge in [-0.3, -0.25) is 14.5 Å². The summed E-state index contributed by atoms with van der Waals surface area (Å²) in [5, 5.41) is 4.32. The zero-order valence-electron chi connectivity index (χ0n) is 13.9. The first-order chi connectivity index (χ1) is 11.2. The number of likely N-dealkylation sites (tertiary alicyclic amines) is 1. The lowest BCUT2D eigenvalue weighted by Crippen LogP contribution is -2.37. The summed E-state index contributed by atoms with van der Waals surface area (Å²) in [6.07, 6.45) is 4.95. The monoisotopic (exact) mass is 312 g/mol. The van der Waals surface area contributed by atoms with Crippen molar-refractivity contribution in [2.75, 3.05) is 13.1 Å². The minimum absolute atomic E-state index is 0.191.